The zero-order valence-electron chi connectivity index (χ0n) is 14.5. The van der Waals surface area contributed by atoms with Crippen molar-refractivity contribution in [2.24, 2.45) is 11.8 Å². The first-order chi connectivity index (χ1) is 12.0. The molecule has 0 saturated heterocycles. The molecule has 1 aromatic heterocycles. The molecule has 132 valence electrons. The van der Waals surface area contributed by atoms with Crippen LogP contribution < -0.4 is 0 Å². The minimum absolute atomic E-state index is 0.0113. The highest BCUT2D eigenvalue weighted by molar-refractivity contribution is 7.12. The van der Waals surface area contributed by atoms with E-state index < -0.39 is 11.9 Å². The van der Waals surface area contributed by atoms with Crippen molar-refractivity contribution >= 4 is 23.2 Å². The molecule has 1 aromatic carbocycles. The Hall–Kier alpha value is -2.14. The maximum atomic E-state index is 13.0. The van der Waals surface area contributed by atoms with E-state index in [1.807, 2.05) is 30.3 Å². The molecule has 1 N–H and O–H groups in total. The zero-order valence-corrected chi connectivity index (χ0v) is 15.3. The van der Waals surface area contributed by atoms with Gasteiger partial charge in [0.25, 0.3) is 0 Å². The molecule has 5 heteroatoms. The molecule has 1 aliphatic rings. The predicted molar refractivity (Wildman–Crippen MR) is 98.6 cm³/mol. The van der Waals surface area contributed by atoms with Crippen molar-refractivity contribution in [1.82, 2.24) is 4.90 Å². The van der Waals surface area contributed by atoms with Crippen molar-refractivity contribution in [1.29, 1.82) is 0 Å². The zero-order chi connectivity index (χ0) is 18.0. The van der Waals surface area contributed by atoms with Gasteiger partial charge in [0.1, 0.15) is 0 Å². The van der Waals surface area contributed by atoms with Gasteiger partial charge in [-0.3, -0.25) is 9.59 Å². The summed E-state index contributed by atoms with van der Waals surface area (Å²) in [6.07, 6.45) is 0.867. The van der Waals surface area contributed by atoms with Gasteiger partial charge in [-0.2, -0.15) is 0 Å². The van der Waals surface area contributed by atoms with Gasteiger partial charge in [-0.1, -0.05) is 37.3 Å². The lowest BCUT2D eigenvalue weighted by molar-refractivity contribution is -0.143. The molecular formula is C20H23NO3S. The SMILES string of the molecule is Cc1ccc(C2CC2C(=O)N(Cc2ccccc2)CC(C)C(=O)O)s1. The number of rotatable bonds is 7. The standard InChI is InChI=1S/C20H23NO3S/c1-13(20(23)24)11-21(12-15-6-4-3-5-7-15)19(22)17-10-16(17)18-9-8-14(2)25-18/h3-9,13,16-17H,10-12H2,1-2H3,(H,23,24). The number of carbonyl (C=O) groups excluding carboxylic acids is 1. The number of carbonyl (C=O) groups is 2. The summed E-state index contributed by atoms with van der Waals surface area (Å²) in [5.74, 6) is -1.08. The van der Waals surface area contributed by atoms with E-state index in [1.165, 1.54) is 9.75 Å². The molecule has 1 amide bonds. The van der Waals surface area contributed by atoms with Crippen LogP contribution in [0.2, 0.25) is 0 Å². The number of hydrogen-bond acceptors (Lipinski definition) is 3. The number of carboxylic acids is 1. The van der Waals surface area contributed by atoms with Crippen LogP contribution in [0, 0.1) is 18.8 Å². The van der Waals surface area contributed by atoms with Crippen molar-refractivity contribution < 1.29 is 14.7 Å². The number of benzene rings is 1. The van der Waals surface area contributed by atoms with Gasteiger partial charge in [-0.05, 0) is 31.0 Å². The largest absolute Gasteiger partial charge is 0.481 e. The molecule has 3 unspecified atom stereocenters. The fourth-order valence-corrected chi connectivity index (χ4v) is 4.17. The summed E-state index contributed by atoms with van der Waals surface area (Å²) in [5, 5.41) is 9.23. The molecular weight excluding hydrogens is 334 g/mol. The lowest BCUT2D eigenvalue weighted by Gasteiger charge is -2.25. The lowest BCUT2D eigenvalue weighted by atomic mass is 10.1. The quantitative estimate of drug-likeness (QED) is 0.817. The van der Waals surface area contributed by atoms with Crippen molar-refractivity contribution in [3.05, 3.63) is 57.8 Å². The highest BCUT2D eigenvalue weighted by atomic mass is 32.1. The van der Waals surface area contributed by atoms with Gasteiger partial charge in [-0.25, -0.2) is 0 Å². The Morgan fingerprint density at radius 1 is 1.24 bits per heavy atom. The number of aryl methyl sites for hydroxylation is 1. The van der Waals surface area contributed by atoms with Gasteiger partial charge < -0.3 is 10.0 Å². The van der Waals surface area contributed by atoms with E-state index in [2.05, 4.69) is 19.1 Å². The van der Waals surface area contributed by atoms with Crippen molar-refractivity contribution in [2.45, 2.75) is 32.7 Å². The van der Waals surface area contributed by atoms with Crippen LogP contribution in [0.15, 0.2) is 42.5 Å². The fourth-order valence-electron chi connectivity index (χ4n) is 3.11. The maximum Gasteiger partial charge on any atom is 0.308 e. The first-order valence-electron chi connectivity index (χ1n) is 8.57. The smallest absolute Gasteiger partial charge is 0.308 e. The molecule has 3 atom stereocenters. The van der Waals surface area contributed by atoms with Gasteiger partial charge in [-0.15, -0.1) is 11.3 Å². The second-order valence-electron chi connectivity index (χ2n) is 6.84. The maximum absolute atomic E-state index is 13.0. The Morgan fingerprint density at radius 3 is 2.56 bits per heavy atom. The van der Waals surface area contributed by atoms with Crippen LogP contribution in [0.5, 0.6) is 0 Å². The number of amides is 1. The third kappa shape index (κ3) is 4.28. The summed E-state index contributed by atoms with van der Waals surface area (Å²) in [5.41, 5.74) is 1.03. The van der Waals surface area contributed by atoms with Crippen LogP contribution in [0.25, 0.3) is 0 Å². The monoisotopic (exact) mass is 357 g/mol. The average molecular weight is 357 g/mol. The molecule has 1 aliphatic carbocycles. The molecule has 2 aromatic rings. The van der Waals surface area contributed by atoms with Crippen LogP contribution in [0.4, 0.5) is 0 Å². The van der Waals surface area contributed by atoms with E-state index in [-0.39, 0.29) is 18.4 Å². The second kappa shape index (κ2) is 7.40. The van der Waals surface area contributed by atoms with Gasteiger partial charge in [0.05, 0.1) is 5.92 Å². The summed E-state index contributed by atoms with van der Waals surface area (Å²) in [4.78, 5) is 28.5. The van der Waals surface area contributed by atoms with E-state index in [0.29, 0.717) is 12.5 Å². The molecule has 1 fully saturated rings. The molecule has 1 saturated carbocycles. The van der Waals surface area contributed by atoms with E-state index in [0.717, 1.165) is 12.0 Å². The highest BCUT2D eigenvalue weighted by Crippen LogP contribution is 2.50. The normalized spacial score (nSPS) is 20.1. The van der Waals surface area contributed by atoms with E-state index >= 15 is 0 Å². The molecule has 1 heterocycles. The Labute approximate surface area is 152 Å². The lowest BCUT2D eigenvalue weighted by Crippen LogP contribution is -2.37. The van der Waals surface area contributed by atoms with E-state index in [9.17, 15) is 14.7 Å². The summed E-state index contributed by atoms with van der Waals surface area (Å²) < 4.78 is 0. The molecule has 4 nitrogen and oxygen atoms in total. The minimum Gasteiger partial charge on any atom is -0.481 e. The van der Waals surface area contributed by atoms with Crippen LogP contribution in [-0.4, -0.2) is 28.4 Å². The third-order valence-electron chi connectivity index (χ3n) is 4.68. The second-order valence-corrected chi connectivity index (χ2v) is 8.16. The number of carboxylic acid groups (broad SMARTS) is 1. The molecule has 0 aliphatic heterocycles. The van der Waals surface area contributed by atoms with Gasteiger partial charge in [0.15, 0.2) is 0 Å². The third-order valence-corrected chi connectivity index (χ3v) is 5.81. The topological polar surface area (TPSA) is 57.6 Å². The Morgan fingerprint density at radius 2 is 1.96 bits per heavy atom. The van der Waals surface area contributed by atoms with Gasteiger partial charge in [0, 0.05) is 34.7 Å². The van der Waals surface area contributed by atoms with Gasteiger partial charge >= 0.3 is 5.97 Å². The summed E-state index contributed by atoms with van der Waals surface area (Å²) in [7, 11) is 0. The number of hydrogen-bond donors (Lipinski definition) is 1. The molecule has 0 radical (unpaired) electrons. The van der Waals surface area contributed by atoms with E-state index in [4.69, 9.17) is 0 Å². The van der Waals surface area contributed by atoms with Gasteiger partial charge in [0.2, 0.25) is 5.91 Å². The summed E-state index contributed by atoms with van der Waals surface area (Å²) in [6, 6.07) is 14.0. The Kier molecular flexibility index (Phi) is 5.23. The molecule has 0 spiro atoms. The van der Waals surface area contributed by atoms with E-state index in [1.54, 1.807) is 23.2 Å². The molecule has 3 rings (SSSR count). The fraction of sp³-hybridized carbons (Fsp3) is 0.400. The average Bonchev–Trinajstić information content (AvgIpc) is 3.28. The minimum atomic E-state index is -0.868. The molecule has 0 bridgehead atoms. The van der Waals surface area contributed by atoms with Crippen LogP contribution >= 0.6 is 11.3 Å². The van der Waals surface area contributed by atoms with Crippen LogP contribution in [-0.2, 0) is 16.1 Å². The molecule has 25 heavy (non-hydrogen) atoms. The number of nitrogens with zero attached hydrogens (tertiary/aromatic N) is 1. The first kappa shape index (κ1) is 17.7. The van der Waals surface area contributed by atoms with Crippen molar-refractivity contribution in [3.8, 4) is 0 Å². The van der Waals surface area contributed by atoms with Crippen molar-refractivity contribution in [3.63, 3.8) is 0 Å². The van der Waals surface area contributed by atoms with Crippen LogP contribution in [0.1, 0.15) is 34.6 Å². The highest BCUT2D eigenvalue weighted by Gasteiger charge is 2.46. The number of thiophene rings is 1. The first-order valence-corrected chi connectivity index (χ1v) is 9.39. The number of aliphatic carboxylic acids is 1. The predicted octanol–water partition coefficient (Wildman–Crippen LogP) is 3.91. The summed E-state index contributed by atoms with van der Waals surface area (Å²) >= 11 is 1.75. The Balaban J connectivity index is 1.72. The summed E-state index contributed by atoms with van der Waals surface area (Å²) in [6.45, 7) is 4.43. The van der Waals surface area contributed by atoms with Crippen molar-refractivity contribution in [2.75, 3.05) is 6.54 Å². The Bertz CT molecular complexity index is 755. The van der Waals surface area contributed by atoms with Crippen LogP contribution in [0.3, 0.4) is 0 Å².